The fraction of sp³-hybridized carbons (Fsp3) is 0.318. The molecule has 1 aliphatic carbocycles. The van der Waals surface area contributed by atoms with Crippen molar-refractivity contribution in [3.63, 3.8) is 0 Å². The molecule has 3 rings (SSSR count). The summed E-state index contributed by atoms with van der Waals surface area (Å²) in [6.07, 6.45) is 5.48. The second kappa shape index (κ2) is 8.33. The molecule has 0 bridgehead atoms. The Hall–Kier alpha value is -2.73. The standard InChI is InChI=1S/C22H23ClFN3O2/c1-3-21(2,12-13-25-20(29)18-9-6-16(23)14-26-18)22(10-11-22)27-19(28)15-4-7-17(24)8-5-15/h3-9,14H,1,10-13H2,2H3,(H,25,29)(H,27,28). The van der Waals surface area contributed by atoms with Crippen molar-refractivity contribution in [2.24, 2.45) is 5.41 Å². The van der Waals surface area contributed by atoms with Crippen molar-refractivity contribution >= 4 is 23.4 Å². The SMILES string of the molecule is C=CC(C)(CCNC(=O)c1ccc(Cl)cn1)C1(NC(=O)c2ccc(F)cc2)CC1. The summed E-state index contributed by atoms with van der Waals surface area (Å²) >= 11 is 5.79. The number of carbonyl (C=O) groups is 2. The molecule has 2 aromatic rings. The Kier molecular flexibility index (Phi) is 6.03. The molecule has 0 saturated heterocycles. The number of carbonyl (C=O) groups excluding carboxylic acids is 2. The van der Waals surface area contributed by atoms with E-state index in [0.717, 1.165) is 12.8 Å². The summed E-state index contributed by atoms with van der Waals surface area (Å²) in [4.78, 5) is 28.9. The van der Waals surface area contributed by atoms with E-state index >= 15 is 0 Å². The van der Waals surface area contributed by atoms with Gasteiger partial charge in [0.25, 0.3) is 11.8 Å². The van der Waals surface area contributed by atoms with E-state index in [2.05, 4.69) is 22.2 Å². The van der Waals surface area contributed by atoms with E-state index in [1.54, 1.807) is 12.1 Å². The second-order valence-electron chi connectivity index (χ2n) is 7.53. The zero-order chi connectivity index (χ0) is 21.1. The van der Waals surface area contributed by atoms with Crippen molar-refractivity contribution in [3.05, 3.63) is 77.3 Å². The average Bonchev–Trinajstić information content (AvgIpc) is 3.49. The Balaban J connectivity index is 1.61. The van der Waals surface area contributed by atoms with Gasteiger partial charge in [-0.3, -0.25) is 9.59 Å². The topological polar surface area (TPSA) is 71.1 Å². The third-order valence-electron chi connectivity index (χ3n) is 5.64. The molecular weight excluding hydrogens is 393 g/mol. The lowest BCUT2D eigenvalue weighted by Gasteiger charge is -2.36. The van der Waals surface area contributed by atoms with Gasteiger partial charge in [0.1, 0.15) is 11.5 Å². The zero-order valence-electron chi connectivity index (χ0n) is 16.2. The maximum Gasteiger partial charge on any atom is 0.269 e. The lowest BCUT2D eigenvalue weighted by atomic mass is 9.76. The Morgan fingerprint density at radius 1 is 1.24 bits per heavy atom. The van der Waals surface area contributed by atoms with Crippen molar-refractivity contribution in [2.75, 3.05) is 6.54 Å². The minimum Gasteiger partial charge on any atom is -0.351 e. The van der Waals surface area contributed by atoms with Crippen molar-refractivity contribution in [1.29, 1.82) is 0 Å². The molecule has 1 heterocycles. The first-order valence-electron chi connectivity index (χ1n) is 9.40. The summed E-state index contributed by atoms with van der Waals surface area (Å²) in [6.45, 7) is 6.38. The number of nitrogens with zero attached hydrogens (tertiary/aromatic N) is 1. The number of hydrogen-bond acceptors (Lipinski definition) is 3. The lowest BCUT2D eigenvalue weighted by Crippen LogP contribution is -2.49. The highest BCUT2D eigenvalue weighted by atomic mass is 35.5. The molecule has 1 aromatic carbocycles. The predicted molar refractivity (Wildman–Crippen MR) is 110 cm³/mol. The van der Waals surface area contributed by atoms with Crippen LogP contribution in [0.4, 0.5) is 4.39 Å². The number of aromatic nitrogens is 1. The van der Waals surface area contributed by atoms with Gasteiger partial charge in [0, 0.05) is 29.3 Å². The maximum absolute atomic E-state index is 13.1. The molecule has 29 heavy (non-hydrogen) atoms. The minimum atomic E-state index is -0.427. The van der Waals surface area contributed by atoms with Gasteiger partial charge >= 0.3 is 0 Å². The molecule has 152 valence electrons. The van der Waals surface area contributed by atoms with Crippen molar-refractivity contribution in [1.82, 2.24) is 15.6 Å². The van der Waals surface area contributed by atoms with E-state index in [1.165, 1.54) is 30.5 Å². The smallest absolute Gasteiger partial charge is 0.269 e. The third kappa shape index (κ3) is 4.65. The van der Waals surface area contributed by atoms with Crippen LogP contribution in [0, 0.1) is 11.2 Å². The van der Waals surface area contributed by atoms with Gasteiger partial charge < -0.3 is 10.6 Å². The minimum absolute atomic E-state index is 0.245. The molecular formula is C22H23ClFN3O2. The van der Waals surface area contributed by atoms with Gasteiger partial charge in [-0.1, -0.05) is 24.6 Å². The highest BCUT2D eigenvalue weighted by Gasteiger charge is 2.56. The van der Waals surface area contributed by atoms with Crippen LogP contribution in [-0.4, -0.2) is 28.9 Å². The molecule has 1 saturated carbocycles. The van der Waals surface area contributed by atoms with Gasteiger partial charge in [-0.05, 0) is 55.7 Å². The summed E-state index contributed by atoms with van der Waals surface area (Å²) in [5, 5.41) is 6.42. The van der Waals surface area contributed by atoms with Crippen LogP contribution < -0.4 is 10.6 Å². The Labute approximate surface area is 174 Å². The Bertz CT molecular complexity index is 911. The van der Waals surface area contributed by atoms with Gasteiger partial charge in [0.05, 0.1) is 5.02 Å². The highest BCUT2D eigenvalue weighted by Crippen LogP contribution is 2.52. The van der Waals surface area contributed by atoms with E-state index < -0.39 is 11.0 Å². The third-order valence-corrected chi connectivity index (χ3v) is 5.87. The first-order valence-corrected chi connectivity index (χ1v) is 9.78. The molecule has 0 radical (unpaired) electrons. The number of hydrogen-bond donors (Lipinski definition) is 2. The molecule has 2 amide bonds. The molecule has 5 nitrogen and oxygen atoms in total. The summed E-state index contributed by atoms with van der Waals surface area (Å²) in [5.41, 5.74) is -0.140. The van der Waals surface area contributed by atoms with Crippen LogP contribution in [0.15, 0.2) is 55.3 Å². The summed E-state index contributed by atoms with van der Waals surface area (Å²) in [7, 11) is 0. The largest absolute Gasteiger partial charge is 0.351 e. The monoisotopic (exact) mass is 415 g/mol. The van der Waals surface area contributed by atoms with Crippen molar-refractivity contribution < 1.29 is 14.0 Å². The van der Waals surface area contributed by atoms with Crippen LogP contribution in [0.1, 0.15) is 47.0 Å². The Morgan fingerprint density at radius 3 is 2.48 bits per heavy atom. The summed E-state index contributed by atoms with van der Waals surface area (Å²) in [5.74, 6) is -0.914. The number of amides is 2. The number of nitrogens with one attached hydrogen (secondary N) is 2. The van der Waals surface area contributed by atoms with E-state index in [1.807, 2.05) is 13.0 Å². The normalized spacial score (nSPS) is 16.4. The molecule has 1 aromatic heterocycles. The van der Waals surface area contributed by atoms with Gasteiger partial charge in [0.2, 0.25) is 0 Å². The molecule has 1 aliphatic rings. The van der Waals surface area contributed by atoms with Gasteiger partial charge in [0.15, 0.2) is 0 Å². The van der Waals surface area contributed by atoms with E-state index in [0.29, 0.717) is 29.2 Å². The van der Waals surface area contributed by atoms with E-state index in [4.69, 9.17) is 11.6 Å². The molecule has 1 atom stereocenters. The van der Waals surface area contributed by atoms with Gasteiger partial charge in [-0.15, -0.1) is 6.58 Å². The summed E-state index contributed by atoms with van der Waals surface area (Å²) in [6, 6.07) is 8.64. The number of benzene rings is 1. The first-order chi connectivity index (χ1) is 13.8. The zero-order valence-corrected chi connectivity index (χ0v) is 16.9. The molecule has 0 aliphatic heterocycles. The van der Waals surface area contributed by atoms with E-state index in [-0.39, 0.29) is 17.6 Å². The first kappa shape index (κ1) is 21.0. The number of halogens is 2. The van der Waals surface area contributed by atoms with Crippen LogP contribution in [0.5, 0.6) is 0 Å². The van der Waals surface area contributed by atoms with Crippen LogP contribution in [0.2, 0.25) is 5.02 Å². The molecule has 2 N–H and O–H groups in total. The van der Waals surface area contributed by atoms with Crippen LogP contribution in [0.3, 0.4) is 0 Å². The number of rotatable bonds is 8. The highest BCUT2D eigenvalue weighted by molar-refractivity contribution is 6.30. The van der Waals surface area contributed by atoms with Crippen molar-refractivity contribution in [2.45, 2.75) is 31.7 Å². The van der Waals surface area contributed by atoms with Gasteiger partial charge in [-0.2, -0.15) is 0 Å². The lowest BCUT2D eigenvalue weighted by molar-refractivity contribution is 0.0876. The fourth-order valence-electron chi connectivity index (χ4n) is 3.43. The molecule has 7 heteroatoms. The molecule has 1 fully saturated rings. The summed E-state index contributed by atoms with van der Waals surface area (Å²) < 4.78 is 13.1. The van der Waals surface area contributed by atoms with Gasteiger partial charge in [-0.25, -0.2) is 9.37 Å². The molecule has 1 unspecified atom stereocenters. The quantitative estimate of drug-likeness (QED) is 0.636. The second-order valence-corrected chi connectivity index (χ2v) is 7.97. The van der Waals surface area contributed by atoms with Crippen LogP contribution in [-0.2, 0) is 0 Å². The average molecular weight is 416 g/mol. The predicted octanol–water partition coefficient (Wildman–Crippen LogP) is 4.15. The Morgan fingerprint density at radius 2 is 1.93 bits per heavy atom. The van der Waals surface area contributed by atoms with Crippen LogP contribution in [0.25, 0.3) is 0 Å². The molecule has 0 spiro atoms. The van der Waals surface area contributed by atoms with Crippen LogP contribution >= 0.6 is 11.6 Å². The van der Waals surface area contributed by atoms with E-state index in [9.17, 15) is 14.0 Å². The fourth-order valence-corrected chi connectivity index (χ4v) is 3.54. The van der Waals surface area contributed by atoms with Crippen molar-refractivity contribution in [3.8, 4) is 0 Å². The maximum atomic E-state index is 13.1. The number of pyridine rings is 1.